The first-order chi connectivity index (χ1) is 9.65. The third-order valence-electron chi connectivity index (χ3n) is 2.93. The summed E-state index contributed by atoms with van der Waals surface area (Å²) in [4.78, 5) is 7.83. The number of methoxy groups -OCH3 is 1. The van der Waals surface area contributed by atoms with Crippen molar-refractivity contribution >= 4 is 32.4 Å². The van der Waals surface area contributed by atoms with E-state index in [1.165, 1.54) is 5.56 Å². The van der Waals surface area contributed by atoms with Crippen LogP contribution in [0.5, 0.6) is 0 Å². The predicted molar refractivity (Wildman–Crippen MR) is 87.0 cm³/mol. The fourth-order valence-electron chi connectivity index (χ4n) is 1.89. The van der Waals surface area contributed by atoms with Gasteiger partial charge in [0.2, 0.25) is 0 Å². The number of hydrogen-bond acceptors (Lipinski definition) is 5. The topological polar surface area (TPSA) is 51.4 Å². The number of ether oxygens (including phenoxy) is 1. The number of hydrogen-bond donors (Lipinski definition) is 1. The van der Waals surface area contributed by atoms with Gasteiger partial charge in [0.05, 0.1) is 12.3 Å². The summed E-state index contributed by atoms with van der Waals surface area (Å²) in [5.41, 5.74) is 7.93. The van der Waals surface area contributed by atoms with E-state index in [0.717, 1.165) is 26.7 Å². The van der Waals surface area contributed by atoms with Gasteiger partial charge in [-0.2, -0.15) is 0 Å². The lowest BCUT2D eigenvalue weighted by Gasteiger charge is -2.16. The van der Waals surface area contributed by atoms with E-state index in [-0.39, 0.29) is 0 Å². The van der Waals surface area contributed by atoms with Gasteiger partial charge in [0.25, 0.3) is 0 Å². The molecule has 0 aliphatic rings. The highest BCUT2D eigenvalue weighted by atomic mass is 79.9. The Morgan fingerprint density at radius 3 is 2.80 bits per heavy atom. The zero-order valence-corrected chi connectivity index (χ0v) is 14.0. The van der Waals surface area contributed by atoms with E-state index in [9.17, 15) is 0 Å². The summed E-state index contributed by atoms with van der Waals surface area (Å²) in [6, 6.07) is 8.21. The molecule has 1 heterocycles. The number of thiazole rings is 1. The van der Waals surface area contributed by atoms with Gasteiger partial charge in [-0.1, -0.05) is 34.1 Å². The van der Waals surface area contributed by atoms with Crippen LogP contribution < -0.4 is 10.6 Å². The smallest absolute Gasteiger partial charge is 0.185 e. The molecule has 0 aliphatic carbocycles. The summed E-state index contributed by atoms with van der Waals surface area (Å²) in [5, 5.41) is 0.966. The maximum absolute atomic E-state index is 5.76. The fraction of sp³-hybridized carbons (Fsp3) is 0.357. The van der Waals surface area contributed by atoms with Crippen molar-refractivity contribution in [2.45, 2.75) is 19.7 Å². The number of halogens is 1. The van der Waals surface area contributed by atoms with E-state index in [2.05, 4.69) is 31.9 Å². The van der Waals surface area contributed by atoms with E-state index >= 15 is 0 Å². The van der Waals surface area contributed by atoms with Gasteiger partial charge in [-0.15, -0.1) is 11.3 Å². The maximum Gasteiger partial charge on any atom is 0.185 e. The zero-order valence-electron chi connectivity index (χ0n) is 11.6. The molecule has 1 aromatic heterocycles. The van der Waals surface area contributed by atoms with E-state index in [1.54, 1.807) is 18.4 Å². The molecule has 0 saturated carbocycles. The average Bonchev–Trinajstić information content (AvgIpc) is 2.85. The van der Waals surface area contributed by atoms with Crippen LogP contribution in [0.15, 0.2) is 28.7 Å². The minimum absolute atomic E-state index is 0.499. The number of nitrogens with two attached hydrogens (primary N) is 1. The number of aromatic nitrogens is 1. The van der Waals surface area contributed by atoms with Gasteiger partial charge in [0, 0.05) is 36.6 Å². The Labute approximate surface area is 131 Å². The Kier molecular flexibility index (Phi) is 5.54. The van der Waals surface area contributed by atoms with Gasteiger partial charge >= 0.3 is 0 Å². The highest BCUT2D eigenvalue weighted by Crippen LogP contribution is 2.28. The Balaban J connectivity index is 2.17. The van der Waals surface area contributed by atoms with Crippen LogP contribution in [0.2, 0.25) is 0 Å². The molecule has 20 heavy (non-hydrogen) atoms. The van der Waals surface area contributed by atoms with Crippen molar-refractivity contribution in [3.63, 3.8) is 0 Å². The highest BCUT2D eigenvalue weighted by Gasteiger charge is 2.14. The van der Waals surface area contributed by atoms with Crippen molar-refractivity contribution in [2.24, 2.45) is 5.73 Å². The van der Waals surface area contributed by atoms with Crippen LogP contribution in [0.4, 0.5) is 5.13 Å². The standard InChI is InChI=1S/C14H18BrN3OS/c1-18(8-10-5-3-4-6-11(10)15)14-17-12(9-19-2)13(7-16)20-14/h3-6H,7-9,16H2,1-2H3. The summed E-state index contributed by atoms with van der Waals surface area (Å²) >= 11 is 5.20. The summed E-state index contributed by atoms with van der Waals surface area (Å²) in [5.74, 6) is 0. The SMILES string of the molecule is COCc1nc(N(C)Cc2ccccc2Br)sc1CN. The third-order valence-corrected chi connectivity index (χ3v) is 4.93. The van der Waals surface area contributed by atoms with E-state index in [1.807, 2.05) is 25.2 Å². The third kappa shape index (κ3) is 3.58. The largest absolute Gasteiger partial charge is 0.378 e. The summed E-state index contributed by atoms with van der Waals surface area (Å²) in [6.45, 7) is 1.80. The van der Waals surface area contributed by atoms with Crippen molar-refractivity contribution in [1.82, 2.24) is 4.98 Å². The summed E-state index contributed by atoms with van der Waals surface area (Å²) < 4.78 is 6.27. The highest BCUT2D eigenvalue weighted by molar-refractivity contribution is 9.10. The van der Waals surface area contributed by atoms with Crippen molar-refractivity contribution in [3.05, 3.63) is 44.9 Å². The fourth-order valence-corrected chi connectivity index (χ4v) is 3.20. The van der Waals surface area contributed by atoms with E-state index in [0.29, 0.717) is 13.2 Å². The summed E-state index contributed by atoms with van der Waals surface area (Å²) in [7, 11) is 3.71. The Morgan fingerprint density at radius 1 is 1.40 bits per heavy atom. The van der Waals surface area contributed by atoms with Crippen molar-refractivity contribution < 1.29 is 4.74 Å². The van der Waals surface area contributed by atoms with Gasteiger partial charge in [-0.05, 0) is 11.6 Å². The molecule has 0 aliphatic heterocycles. The lowest BCUT2D eigenvalue weighted by atomic mass is 10.2. The molecule has 0 radical (unpaired) electrons. The molecule has 0 unspecified atom stereocenters. The molecule has 0 atom stereocenters. The summed E-state index contributed by atoms with van der Waals surface area (Å²) in [6.07, 6.45) is 0. The van der Waals surface area contributed by atoms with E-state index in [4.69, 9.17) is 10.5 Å². The first-order valence-electron chi connectivity index (χ1n) is 6.27. The molecule has 2 rings (SSSR count). The van der Waals surface area contributed by atoms with E-state index < -0.39 is 0 Å². The predicted octanol–water partition coefficient (Wildman–Crippen LogP) is 3.15. The van der Waals surface area contributed by atoms with Crippen LogP contribution >= 0.6 is 27.3 Å². The molecule has 2 N–H and O–H groups in total. The Bertz CT molecular complexity index is 573. The first-order valence-corrected chi connectivity index (χ1v) is 7.88. The quantitative estimate of drug-likeness (QED) is 0.864. The van der Waals surface area contributed by atoms with Gasteiger partial charge in [0.1, 0.15) is 0 Å². The molecule has 0 amide bonds. The molecule has 108 valence electrons. The second-order valence-corrected chi connectivity index (χ2v) is 6.37. The molecule has 0 spiro atoms. The monoisotopic (exact) mass is 355 g/mol. The van der Waals surface area contributed by atoms with Crippen LogP contribution in [0.25, 0.3) is 0 Å². The molecule has 1 aromatic carbocycles. The molecule has 0 bridgehead atoms. The van der Waals surface area contributed by atoms with Crippen molar-refractivity contribution in [2.75, 3.05) is 19.1 Å². The molecule has 2 aromatic rings. The average molecular weight is 356 g/mol. The van der Waals surface area contributed by atoms with Crippen molar-refractivity contribution in [3.8, 4) is 0 Å². The van der Waals surface area contributed by atoms with Gasteiger partial charge in [-0.3, -0.25) is 0 Å². The van der Waals surface area contributed by atoms with Gasteiger partial charge < -0.3 is 15.4 Å². The van der Waals surface area contributed by atoms with Crippen molar-refractivity contribution in [1.29, 1.82) is 0 Å². The maximum atomic E-state index is 5.76. The van der Waals surface area contributed by atoms with Crippen LogP contribution in [-0.4, -0.2) is 19.1 Å². The number of anilines is 1. The second-order valence-electron chi connectivity index (χ2n) is 4.45. The van der Waals surface area contributed by atoms with Crippen LogP contribution in [0.1, 0.15) is 16.1 Å². The molecular weight excluding hydrogens is 338 g/mol. The Morgan fingerprint density at radius 2 is 2.15 bits per heavy atom. The number of rotatable bonds is 6. The molecule has 6 heteroatoms. The van der Waals surface area contributed by atoms with Crippen LogP contribution in [-0.2, 0) is 24.4 Å². The molecule has 0 saturated heterocycles. The lowest BCUT2D eigenvalue weighted by molar-refractivity contribution is 0.181. The zero-order chi connectivity index (χ0) is 14.5. The first kappa shape index (κ1) is 15.4. The molecule has 0 fully saturated rings. The minimum atomic E-state index is 0.499. The Hall–Kier alpha value is -0.950. The minimum Gasteiger partial charge on any atom is -0.378 e. The number of benzene rings is 1. The van der Waals surface area contributed by atoms with Gasteiger partial charge in [0.15, 0.2) is 5.13 Å². The lowest BCUT2D eigenvalue weighted by Crippen LogP contribution is -2.16. The normalized spacial score (nSPS) is 10.8. The van der Waals surface area contributed by atoms with Gasteiger partial charge in [-0.25, -0.2) is 4.98 Å². The molecule has 4 nitrogen and oxygen atoms in total. The van der Waals surface area contributed by atoms with Crippen LogP contribution in [0.3, 0.4) is 0 Å². The number of nitrogens with zero attached hydrogens (tertiary/aromatic N) is 2. The molecular formula is C14H18BrN3OS. The second kappa shape index (κ2) is 7.17. The van der Waals surface area contributed by atoms with Crippen LogP contribution in [0, 0.1) is 0 Å².